The Hall–Kier alpha value is -2.44. The molecule has 2 aromatic rings. The number of aryl methyl sites for hydroxylation is 1. The third-order valence-corrected chi connectivity index (χ3v) is 6.07. The number of amides is 1. The number of pyridine rings is 1. The first-order valence-electron chi connectivity index (χ1n) is 10.3. The molecule has 0 N–H and O–H groups in total. The Kier molecular flexibility index (Phi) is 5.08. The quantitative estimate of drug-likeness (QED) is 0.813. The lowest BCUT2D eigenvalue weighted by atomic mass is 9.93. The molecule has 7 nitrogen and oxygen atoms in total. The molecule has 0 bridgehead atoms. The monoisotopic (exact) mass is 384 g/mol. The second kappa shape index (κ2) is 7.53. The SMILES string of the molecule is CC(C)c1noc(C2CCN(C(=O)c3cc4c(n(C)c3=O)CCCC4)CC2)n1. The summed E-state index contributed by atoms with van der Waals surface area (Å²) in [6, 6.07) is 1.85. The van der Waals surface area contributed by atoms with Gasteiger partial charge in [0.05, 0.1) is 0 Å². The van der Waals surface area contributed by atoms with Gasteiger partial charge in [0.2, 0.25) is 5.89 Å². The van der Waals surface area contributed by atoms with Crippen molar-refractivity contribution in [3.8, 4) is 0 Å². The second-order valence-corrected chi connectivity index (χ2v) is 8.31. The zero-order chi connectivity index (χ0) is 19.8. The van der Waals surface area contributed by atoms with Gasteiger partial charge in [0, 0.05) is 37.7 Å². The van der Waals surface area contributed by atoms with E-state index in [4.69, 9.17) is 4.52 Å². The highest BCUT2D eigenvalue weighted by atomic mass is 16.5. The van der Waals surface area contributed by atoms with Gasteiger partial charge in [0.1, 0.15) is 5.56 Å². The van der Waals surface area contributed by atoms with Gasteiger partial charge in [-0.3, -0.25) is 9.59 Å². The number of hydrogen-bond donors (Lipinski definition) is 0. The van der Waals surface area contributed by atoms with Gasteiger partial charge in [0.15, 0.2) is 5.82 Å². The van der Waals surface area contributed by atoms with E-state index in [0.717, 1.165) is 55.6 Å². The fraction of sp³-hybridized carbons (Fsp3) is 0.619. The van der Waals surface area contributed by atoms with E-state index >= 15 is 0 Å². The number of carbonyl (C=O) groups excluding carboxylic acids is 1. The van der Waals surface area contributed by atoms with Gasteiger partial charge in [0.25, 0.3) is 11.5 Å². The van der Waals surface area contributed by atoms with Crippen molar-refractivity contribution in [1.82, 2.24) is 19.6 Å². The first-order chi connectivity index (χ1) is 13.5. The zero-order valence-corrected chi connectivity index (χ0v) is 16.9. The molecule has 2 aliphatic rings. The Balaban J connectivity index is 1.48. The first-order valence-corrected chi connectivity index (χ1v) is 10.3. The van der Waals surface area contributed by atoms with Gasteiger partial charge >= 0.3 is 0 Å². The fourth-order valence-electron chi connectivity index (χ4n) is 4.29. The molecule has 1 amide bonds. The lowest BCUT2D eigenvalue weighted by molar-refractivity contribution is 0.0702. The number of piperidine rings is 1. The first kappa shape index (κ1) is 18.9. The molecule has 1 aliphatic carbocycles. The molecule has 1 saturated heterocycles. The third kappa shape index (κ3) is 3.38. The molecule has 1 aliphatic heterocycles. The van der Waals surface area contributed by atoms with E-state index < -0.39 is 0 Å². The molecule has 4 rings (SSSR count). The van der Waals surface area contributed by atoms with Crippen molar-refractivity contribution in [3.63, 3.8) is 0 Å². The molecular weight excluding hydrogens is 356 g/mol. The van der Waals surface area contributed by atoms with Gasteiger partial charge in [-0.25, -0.2) is 0 Å². The molecule has 150 valence electrons. The molecule has 0 unspecified atom stereocenters. The number of nitrogens with zero attached hydrogens (tertiary/aromatic N) is 4. The Morgan fingerprint density at radius 1 is 1.21 bits per heavy atom. The van der Waals surface area contributed by atoms with Crippen molar-refractivity contribution in [3.05, 3.63) is 45.0 Å². The summed E-state index contributed by atoms with van der Waals surface area (Å²) in [7, 11) is 1.79. The molecular formula is C21H28N4O3. The maximum Gasteiger partial charge on any atom is 0.263 e. The molecule has 7 heteroatoms. The number of fused-ring (bicyclic) bond motifs is 1. The van der Waals surface area contributed by atoms with Gasteiger partial charge in [-0.1, -0.05) is 19.0 Å². The van der Waals surface area contributed by atoms with E-state index in [1.807, 2.05) is 19.9 Å². The molecule has 0 atom stereocenters. The van der Waals surface area contributed by atoms with Crippen molar-refractivity contribution >= 4 is 5.91 Å². The highest BCUT2D eigenvalue weighted by Gasteiger charge is 2.30. The van der Waals surface area contributed by atoms with Crippen LogP contribution in [0.2, 0.25) is 0 Å². The van der Waals surface area contributed by atoms with Gasteiger partial charge in [-0.05, 0) is 50.2 Å². The Morgan fingerprint density at radius 2 is 1.93 bits per heavy atom. The van der Waals surface area contributed by atoms with Gasteiger partial charge in [-0.2, -0.15) is 4.98 Å². The number of rotatable bonds is 3. The van der Waals surface area contributed by atoms with Crippen LogP contribution in [-0.2, 0) is 19.9 Å². The van der Waals surface area contributed by atoms with Crippen LogP contribution in [-0.4, -0.2) is 38.6 Å². The van der Waals surface area contributed by atoms with Crippen molar-refractivity contribution < 1.29 is 9.32 Å². The zero-order valence-electron chi connectivity index (χ0n) is 16.9. The van der Waals surface area contributed by atoms with E-state index in [9.17, 15) is 9.59 Å². The van der Waals surface area contributed by atoms with E-state index in [2.05, 4.69) is 10.1 Å². The molecule has 0 aromatic carbocycles. The van der Waals surface area contributed by atoms with E-state index in [1.54, 1.807) is 16.5 Å². The maximum absolute atomic E-state index is 13.1. The predicted octanol–water partition coefficient (Wildman–Crippen LogP) is 2.79. The summed E-state index contributed by atoms with van der Waals surface area (Å²) < 4.78 is 7.11. The van der Waals surface area contributed by atoms with Crippen LogP contribution >= 0.6 is 0 Å². The second-order valence-electron chi connectivity index (χ2n) is 8.31. The Labute approximate surface area is 164 Å². The lowest BCUT2D eigenvalue weighted by Crippen LogP contribution is -2.41. The van der Waals surface area contributed by atoms with Crippen LogP contribution in [0.5, 0.6) is 0 Å². The fourth-order valence-corrected chi connectivity index (χ4v) is 4.29. The molecule has 28 heavy (non-hydrogen) atoms. The van der Waals surface area contributed by atoms with Crippen LogP contribution in [0.15, 0.2) is 15.4 Å². The molecule has 0 saturated carbocycles. The van der Waals surface area contributed by atoms with Gasteiger partial charge < -0.3 is 14.0 Å². The molecule has 0 radical (unpaired) electrons. The summed E-state index contributed by atoms with van der Waals surface area (Å²) in [5.41, 5.74) is 2.37. The Morgan fingerprint density at radius 3 is 2.61 bits per heavy atom. The van der Waals surface area contributed by atoms with Crippen molar-refractivity contribution in [2.45, 2.75) is 64.2 Å². The summed E-state index contributed by atoms with van der Waals surface area (Å²) >= 11 is 0. The Bertz CT molecular complexity index is 936. The van der Waals surface area contributed by atoms with Crippen molar-refractivity contribution in [2.24, 2.45) is 7.05 Å². The van der Waals surface area contributed by atoms with E-state index in [1.165, 1.54) is 0 Å². The summed E-state index contributed by atoms with van der Waals surface area (Å²) in [6.07, 6.45) is 5.64. The molecule has 0 spiro atoms. The normalized spacial score (nSPS) is 17.8. The summed E-state index contributed by atoms with van der Waals surface area (Å²) in [4.78, 5) is 32.1. The minimum absolute atomic E-state index is 0.152. The van der Waals surface area contributed by atoms with Crippen LogP contribution in [0, 0.1) is 0 Å². The summed E-state index contributed by atoms with van der Waals surface area (Å²) in [6.45, 7) is 5.27. The van der Waals surface area contributed by atoms with Crippen LogP contribution in [0.3, 0.4) is 0 Å². The van der Waals surface area contributed by atoms with Crippen molar-refractivity contribution in [1.29, 1.82) is 0 Å². The largest absolute Gasteiger partial charge is 0.339 e. The average molecular weight is 384 g/mol. The predicted molar refractivity (Wildman–Crippen MR) is 105 cm³/mol. The molecule has 2 aromatic heterocycles. The average Bonchev–Trinajstić information content (AvgIpc) is 3.21. The van der Waals surface area contributed by atoms with Crippen LogP contribution in [0.4, 0.5) is 0 Å². The maximum atomic E-state index is 13.1. The summed E-state index contributed by atoms with van der Waals surface area (Å²) in [5.74, 6) is 1.65. The highest BCUT2D eigenvalue weighted by Crippen LogP contribution is 2.28. The molecule has 1 fully saturated rings. The van der Waals surface area contributed by atoms with Gasteiger partial charge in [-0.15, -0.1) is 0 Å². The minimum atomic E-state index is -0.175. The number of carbonyl (C=O) groups is 1. The molecule has 3 heterocycles. The van der Waals surface area contributed by atoms with E-state index in [0.29, 0.717) is 24.5 Å². The van der Waals surface area contributed by atoms with Crippen LogP contribution < -0.4 is 5.56 Å². The lowest BCUT2D eigenvalue weighted by Gasteiger charge is -2.30. The smallest absolute Gasteiger partial charge is 0.263 e. The summed E-state index contributed by atoms with van der Waals surface area (Å²) in [5, 5.41) is 4.04. The minimum Gasteiger partial charge on any atom is -0.339 e. The number of likely N-dealkylation sites (tertiary alicyclic amines) is 1. The third-order valence-electron chi connectivity index (χ3n) is 6.07. The topological polar surface area (TPSA) is 81.2 Å². The number of aromatic nitrogens is 3. The highest BCUT2D eigenvalue weighted by molar-refractivity contribution is 5.94. The van der Waals surface area contributed by atoms with Crippen LogP contribution in [0.25, 0.3) is 0 Å². The van der Waals surface area contributed by atoms with E-state index in [-0.39, 0.29) is 23.3 Å². The van der Waals surface area contributed by atoms with Crippen molar-refractivity contribution in [2.75, 3.05) is 13.1 Å². The van der Waals surface area contributed by atoms with Crippen LogP contribution in [0.1, 0.15) is 84.7 Å². The standard InChI is InChI=1S/C21H28N4O3/c1-13(2)18-22-19(28-23-18)14-8-10-25(11-9-14)21(27)16-12-15-6-4-5-7-17(15)24(3)20(16)26/h12-14H,4-11H2,1-3H3. The number of hydrogen-bond acceptors (Lipinski definition) is 5.